The van der Waals surface area contributed by atoms with E-state index in [2.05, 4.69) is 10.1 Å². The summed E-state index contributed by atoms with van der Waals surface area (Å²) >= 11 is 1.51. The Hall–Kier alpha value is -3.00. The number of aryl methyl sites for hydroxylation is 2. The SMILES string of the molecule is COC(=O)c1cc(C(=O)N(C)Cc2nc(C)cs2)cc(-c2cnn(C)c2)c1. The molecule has 0 aliphatic rings. The minimum absolute atomic E-state index is 0.196. The number of nitrogens with zero attached hydrogens (tertiary/aromatic N) is 4. The van der Waals surface area contributed by atoms with Gasteiger partial charge in [0.05, 0.1) is 25.4 Å². The zero-order valence-corrected chi connectivity index (χ0v) is 16.4. The Morgan fingerprint density at radius 2 is 1.96 bits per heavy atom. The van der Waals surface area contributed by atoms with E-state index in [9.17, 15) is 9.59 Å². The molecule has 0 bridgehead atoms. The molecule has 1 aromatic carbocycles. The number of amides is 1. The molecule has 0 fully saturated rings. The highest BCUT2D eigenvalue weighted by Gasteiger charge is 2.18. The number of ether oxygens (including phenoxy) is 1. The predicted molar refractivity (Wildman–Crippen MR) is 103 cm³/mol. The van der Waals surface area contributed by atoms with Crippen molar-refractivity contribution in [1.82, 2.24) is 19.7 Å². The fourth-order valence-corrected chi connectivity index (χ4v) is 3.52. The van der Waals surface area contributed by atoms with Crippen LogP contribution in [0.2, 0.25) is 0 Å². The van der Waals surface area contributed by atoms with Gasteiger partial charge in [0.25, 0.3) is 5.91 Å². The number of hydrogen-bond donors (Lipinski definition) is 0. The minimum Gasteiger partial charge on any atom is -0.465 e. The second kappa shape index (κ2) is 7.71. The standard InChI is InChI=1S/C19H20N4O3S/c1-12-11-27-17(21-12)10-22(2)18(24)14-5-13(16-8-20-23(3)9-16)6-15(7-14)19(25)26-4/h5-9,11H,10H2,1-4H3. The van der Waals surface area contributed by atoms with Crippen molar-refractivity contribution in [2.75, 3.05) is 14.2 Å². The molecule has 0 spiro atoms. The molecule has 0 aliphatic heterocycles. The smallest absolute Gasteiger partial charge is 0.337 e. The molecule has 2 heterocycles. The van der Waals surface area contributed by atoms with Crippen molar-refractivity contribution < 1.29 is 14.3 Å². The van der Waals surface area contributed by atoms with Crippen molar-refractivity contribution in [1.29, 1.82) is 0 Å². The Labute approximate surface area is 161 Å². The van der Waals surface area contributed by atoms with E-state index in [0.29, 0.717) is 17.7 Å². The summed E-state index contributed by atoms with van der Waals surface area (Å²) in [4.78, 5) is 31.0. The summed E-state index contributed by atoms with van der Waals surface area (Å²) in [6, 6.07) is 5.01. The molecule has 8 heteroatoms. The van der Waals surface area contributed by atoms with Crippen molar-refractivity contribution in [3.63, 3.8) is 0 Å². The Morgan fingerprint density at radius 1 is 1.22 bits per heavy atom. The van der Waals surface area contributed by atoms with Crippen LogP contribution in [0.25, 0.3) is 11.1 Å². The summed E-state index contributed by atoms with van der Waals surface area (Å²) in [5, 5.41) is 6.97. The third-order valence-electron chi connectivity index (χ3n) is 4.02. The third-order valence-corrected chi connectivity index (χ3v) is 4.98. The van der Waals surface area contributed by atoms with Gasteiger partial charge in [-0.2, -0.15) is 5.10 Å². The zero-order valence-electron chi connectivity index (χ0n) is 15.6. The van der Waals surface area contributed by atoms with Gasteiger partial charge in [0.15, 0.2) is 0 Å². The summed E-state index contributed by atoms with van der Waals surface area (Å²) < 4.78 is 6.50. The third kappa shape index (κ3) is 4.22. The van der Waals surface area contributed by atoms with Crippen LogP contribution in [0.3, 0.4) is 0 Å². The first-order chi connectivity index (χ1) is 12.9. The minimum atomic E-state index is -0.493. The second-order valence-electron chi connectivity index (χ2n) is 6.24. The van der Waals surface area contributed by atoms with Gasteiger partial charge in [-0.1, -0.05) is 0 Å². The lowest BCUT2D eigenvalue weighted by Crippen LogP contribution is -2.26. The monoisotopic (exact) mass is 384 g/mol. The maximum absolute atomic E-state index is 12.9. The number of aromatic nitrogens is 3. The molecule has 0 saturated heterocycles. The predicted octanol–water partition coefficient (Wildman–Crippen LogP) is 2.91. The van der Waals surface area contributed by atoms with Gasteiger partial charge in [0.1, 0.15) is 5.01 Å². The van der Waals surface area contributed by atoms with Gasteiger partial charge in [-0.3, -0.25) is 9.48 Å². The van der Waals surface area contributed by atoms with E-state index in [0.717, 1.165) is 21.8 Å². The molecule has 27 heavy (non-hydrogen) atoms. The summed E-state index contributed by atoms with van der Waals surface area (Å²) in [7, 11) is 4.84. The molecule has 2 aromatic heterocycles. The van der Waals surface area contributed by atoms with Crippen LogP contribution in [0.1, 0.15) is 31.4 Å². The number of esters is 1. The molecule has 0 atom stereocenters. The van der Waals surface area contributed by atoms with Crippen molar-refractivity contribution in [3.05, 3.63) is 57.8 Å². The van der Waals surface area contributed by atoms with Gasteiger partial charge < -0.3 is 9.64 Å². The largest absolute Gasteiger partial charge is 0.465 e. The van der Waals surface area contributed by atoms with Crippen molar-refractivity contribution in [3.8, 4) is 11.1 Å². The summed E-state index contributed by atoms with van der Waals surface area (Å²) in [6.07, 6.45) is 3.51. The van der Waals surface area contributed by atoms with Gasteiger partial charge in [-0.15, -0.1) is 11.3 Å². The van der Waals surface area contributed by atoms with E-state index in [4.69, 9.17) is 4.74 Å². The number of methoxy groups -OCH3 is 1. The number of carbonyl (C=O) groups is 2. The van der Waals surface area contributed by atoms with Gasteiger partial charge in [0, 0.05) is 42.5 Å². The summed E-state index contributed by atoms with van der Waals surface area (Å²) in [5.41, 5.74) is 3.21. The lowest BCUT2D eigenvalue weighted by atomic mass is 10.0. The molecule has 1 amide bonds. The molecule has 0 N–H and O–H groups in total. The Bertz CT molecular complexity index is 993. The molecular formula is C19H20N4O3S. The maximum atomic E-state index is 12.9. The van der Waals surface area contributed by atoms with Crippen LogP contribution in [-0.2, 0) is 18.3 Å². The first kappa shape index (κ1) is 18.8. The normalized spacial score (nSPS) is 10.7. The number of carbonyl (C=O) groups excluding carboxylic acids is 2. The van der Waals surface area contributed by atoms with Gasteiger partial charge in [-0.05, 0) is 30.7 Å². The maximum Gasteiger partial charge on any atom is 0.337 e. The molecular weight excluding hydrogens is 364 g/mol. The number of rotatable bonds is 5. The van der Waals surface area contributed by atoms with E-state index in [-0.39, 0.29) is 5.91 Å². The van der Waals surface area contributed by atoms with Gasteiger partial charge in [0.2, 0.25) is 0 Å². The van der Waals surface area contributed by atoms with Crippen molar-refractivity contribution >= 4 is 23.2 Å². The highest BCUT2D eigenvalue weighted by molar-refractivity contribution is 7.09. The van der Waals surface area contributed by atoms with Gasteiger partial charge >= 0.3 is 5.97 Å². The average molecular weight is 384 g/mol. The first-order valence-corrected chi connectivity index (χ1v) is 9.14. The number of benzene rings is 1. The fraction of sp³-hybridized carbons (Fsp3) is 0.263. The topological polar surface area (TPSA) is 77.3 Å². The fourth-order valence-electron chi connectivity index (χ4n) is 2.69. The Balaban J connectivity index is 1.95. The van der Waals surface area contributed by atoms with E-state index < -0.39 is 5.97 Å². The highest BCUT2D eigenvalue weighted by atomic mass is 32.1. The van der Waals surface area contributed by atoms with E-state index in [1.165, 1.54) is 18.4 Å². The molecule has 0 aliphatic carbocycles. The lowest BCUT2D eigenvalue weighted by molar-refractivity contribution is 0.0600. The molecule has 3 rings (SSSR count). The highest BCUT2D eigenvalue weighted by Crippen LogP contribution is 2.24. The Kier molecular flexibility index (Phi) is 5.36. The van der Waals surface area contributed by atoms with Crippen LogP contribution >= 0.6 is 11.3 Å². The van der Waals surface area contributed by atoms with Crippen LogP contribution < -0.4 is 0 Å². The van der Waals surface area contributed by atoms with Gasteiger partial charge in [-0.25, -0.2) is 9.78 Å². The summed E-state index contributed by atoms with van der Waals surface area (Å²) in [5.74, 6) is -0.688. The van der Waals surface area contributed by atoms with E-state index in [1.807, 2.05) is 25.5 Å². The van der Waals surface area contributed by atoms with Crippen LogP contribution in [0.5, 0.6) is 0 Å². The van der Waals surface area contributed by atoms with E-state index in [1.54, 1.807) is 41.0 Å². The molecule has 0 saturated carbocycles. The Morgan fingerprint density at radius 3 is 2.56 bits per heavy atom. The van der Waals surface area contributed by atoms with Crippen LogP contribution in [-0.4, -0.2) is 45.7 Å². The zero-order chi connectivity index (χ0) is 19.6. The molecule has 0 unspecified atom stereocenters. The van der Waals surface area contributed by atoms with Crippen molar-refractivity contribution in [2.45, 2.75) is 13.5 Å². The van der Waals surface area contributed by atoms with Crippen LogP contribution in [0, 0.1) is 6.92 Å². The molecule has 140 valence electrons. The average Bonchev–Trinajstić information content (AvgIpc) is 3.28. The lowest BCUT2D eigenvalue weighted by Gasteiger charge is -2.17. The quantitative estimate of drug-likeness (QED) is 0.632. The van der Waals surface area contributed by atoms with E-state index >= 15 is 0 Å². The number of hydrogen-bond acceptors (Lipinski definition) is 6. The van der Waals surface area contributed by atoms with Crippen molar-refractivity contribution in [2.24, 2.45) is 7.05 Å². The molecule has 3 aromatic rings. The van der Waals surface area contributed by atoms with Crippen LogP contribution in [0.4, 0.5) is 0 Å². The second-order valence-corrected chi connectivity index (χ2v) is 7.18. The molecule has 7 nitrogen and oxygen atoms in total. The number of thiazole rings is 1. The molecule has 0 radical (unpaired) electrons. The first-order valence-electron chi connectivity index (χ1n) is 8.26. The summed E-state index contributed by atoms with van der Waals surface area (Å²) in [6.45, 7) is 2.32. The van der Waals surface area contributed by atoms with Crippen LogP contribution in [0.15, 0.2) is 36.0 Å².